The molecule has 1 heterocycles. The first-order valence-electron chi connectivity index (χ1n) is 9.42. The minimum atomic E-state index is -1.98. The number of pyridine rings is 1. The van der Waals surface area contributed by atoms with Gasteiger partial charge in [0, 0.05) is 17.1 Å². The Morgan fingerprint density at radius 1 is 0.852 bits per heavy atom. The number of allylic oxidation sites excluding steroid dienone is 1. The van der Waals surface area contributed by atoms with Crippen LogP contribution in [0, 0.1) is 11.8 Å². The molecular formula is C24H27NSi2. The second-order valence-electron chi connectivity index (χ2n) is 8.55. The zero-order chi connectivity index (χ0) is 19.5. The van der Waals surface area contributed by atoms with Crippen molar-refractivity contribution in [2.45, 2.75) is 32.7 Å². The molecule has 3 heteroatoms. The van der Waals surface area contributed by atoms with E-state index in [1.54, 1.807) is 0 Å². The van der Waals surface area contributed by atoms with Crippen molar-refractivity contribution in [2.24, 2.45) is 0 Å². The van der Waals surface area contributed by atoms with E-state index in [1.165, 1.54) is 15.8 Å². The number of aromatic nitrogens is 1. The molecule has 0 saturated carbocycles. The third kappa shape index (κ3) is 4.65. The van der Waals surface area contributed by atoms with E-state index in [0.29, 0.717) is 0 Å². The predicted octanol–water partition coefficient (Wildman–Crippen LogP) is 5.54. The van der Waals surface area contributed by atoms with Gasteiger partial charge in [0.15, 0.2) is 0 Å². The largest absolute Gasteiger partial charge is 0.256 e. The van der Waals surface area contributed by atoms with Crippen molar-refractivity contribution in [1.82, 2.24) is 4.98 Å². The zero-order valence-electron chi connectivity index (χ0n) is 16.9. The van der Waals surface area contributed by atoms with Crippen molar-refractivity contribution in [3.8, 4) is 11.8 Å². The number of rotatable bonds is 3. The van der Waals surface area contributed by atoms with Crippen LogP contribution in [0.4, 0.5) is 0 Å². The van der Waals surface area contributed by atoms with Gasteiger partial charge in [0.1, 0.15) is 8.07 Å². The summed E-state index contributed by atoms with van der Waals surface area (Å²) in [5, 5.41) is 3.90. The van der Waals surface area contributed by atoms with E-state index in [1.807, 2.05) is 30.5 Å². The summed E-state index contributed by atoms with van der Waals surface area (Å²) in [6.45, 7) is 11.9. The normalized spacial score (nSPS) is 12.6. The molecule has 0 spiro atoms. The highest BCUT2D eigenvalue weighted by molar-refractivity contribution is 6.99. The average Bonchev–Trinajstić information content (AvgIpc) is 2.64. The van der Waals surface area contributed by atoms with E-state index in [-0.39, 0.29) is 0 Å². The SMILES string of the molecule is C[Si](C)(C)/C=C(\C#Cc1ccccc1)[Si](C)(C)c1cccc2cccnc12. The smallest absolute Gasteiger partial charge is 0.124 e. The lowest BCUT2D eigenvalue weighted by Gasteiger charge is -2.26. The molecule has 0 unspecified atom stereocenters. The van der Waals surface area contributed by atoms with Crippen LogP contribution >= 0.6 is 0 Å². The fourth-order valence-corrected chi connectivity index (χ4v) is 8.88. The molecule has 1 aromatic heterocycles. The molecule has 0 aliphatic rings. The van der Waals surface area contributed by atoms with Gasteiger partial charge < -0.3 is 0 Å². The standard InChI is InChI=1S/C24H27NSi2/c1-26(2,3)19-22(17-16-20-11-7-6-8-12-20)27(4,5)23-15-9-13-21-14-10-18-25-24(21)23/h6-15,18-19H,1-5H3/b22-19+. The summed E-state index contributed by atoms with van der Waals surface area (Å²) < 4.78 is 0. The fraction of sp³-hybridized carbons (Fsp3) is 0.208. The highest BCUT2D eigenvalue weighted by Crippen LogP contribution is 2.22. The minimum absolute atomic E-state index is 1.07. The lowest BCUT2D eigenvalue weighted by molar-refractivity contribution is 1.42. The van der Waals surface area contributed by atoms with Crippen LogP contribution in [-0.4, -0.2) is 21.1 Å². The lowest BCUT2D eigenvalue weighted by atomic mass is 10.2. The maximum Gasteiger partial charge on any atom is 0.124 e. The molecule has 0 saturated heterocycles. The highest BCUT2D eigenvalue weighted by atomic mass is 28.3. The average molecular weight is 386 g/mol. The number of benzene rings is 2. The van der Waals surface area contributed by atoms with Crippen LogP contribution in [0.5, 0.6) is 0 Å². The fourth-order valence-electron chi connectivity index (χ4n) is 3.22. The van der Waals surface area contributed by atoms with Gasteiger partial charge in [-0.1, -0.05) is 92.7 Å². The van der Waals surface area contributed by atoms with Gasteiger partial charge in [-0.2, -0.15) is 0 Å². The van der Waals surface area contributed by atoms with Gasteiger partial charge in [-0.25, -0.2) is 0 Å². The molecule has 27 heavy (non-hydrogen) atoms. The van der Waals surface area contributed by atoms with Crippen LogP contribution in [0.25, 0.3) is 10.9 Å². The van der Waals surface area contributed by atoms with Crippen LogP contribution in [0.1, 0.15) is 5.56 Å². The van der Waals surface area contributed by atoms with Crippen molar-refractivity contribution in [3.63, 3.8) is 0 Å². The van der Waals surface area contributed by atoms with Gasteiger partial charge in [-0.3, -0.25) is 4.98 Å². The molecule has 1 nitrogen and oxygen atoms in total. The first kappa shape index (κ1) is 19.3. The quantitative estimate of drug-likeness (QED) is 0.426. The van der Waals surface area contributed by atoms with Gasteiger partial charge in [0.25, 0.3) is 0 Å². The Kier molecular flexibility index (Phi) is 5.50. The Labute approximate surface area is 165 Å². The third-order valence-corrected chi connectivity index (χ3v) is 9.48. The van der Waals surface area contributed by atoms with Crippen LogP contribution < -0.4 is 5.19 Å². The van der Waals surface area contributed by atoms with Crippen molar-refractivity contribution in [1.29, 1.82) is 0 Å². The van der Waals surface area contributed by atoms with Crippen LogP contribution in [0.3, 0.4) is 0 Å². The van der Waals surface area contributed by atoms with Crippen molar-refractivity contribution >= 4 is 32.2 Å². The maximum atomic E-state index is 4.72. The summed E-state index contributed by atoms with van der Waals surface area (Å²) in [5.41, 5.74) is 4.69. The molecule has 136 valence electrons. The predicted molar refractivity (Wildman–Crippen MR) is 124 cm³/mol. The summed E-state index contributed by atoms with van der Waals surface area (Å²) in [4.78, 5) is 4.72. The maximum absolute atomic E-state index is 4.72. The van der Waals surface area contributed by atoms with E-state index in [9.17, 15) is 0 Å². The lowest BCUT2D eigenvalue weighted by Crippen LogP contribution is -2.45. The van der Waals surface area contributed by atoms with Crippen molar-refractivity contribution in [2.75, 3.05) is 0 Å². The van der Waals surface area contributed by atoms with Gasteiger partial charge >= 0.3 is 0 Å². The first-order valence-corrected chi connectivity index (χ1v) is 16.0. The summed E-state index contributed by atoms with van der Waals surface area (Å²) in [5.74, 6) is 6.99. The minimum Gasteiger partial charge on any atom is -0.256 e. The van der Waals surface area contributed by atoms with Gasteiger partial charge in [0.05, 0.1) is 13.6 Å². The molecule has 0 amide bonds. The Hall–Kier alpha value is -2.42. The Morgan fingerprint density at radius 2 is 1.56 bits per heavy atom. The van der Waals surface area contributed by atoms with Crippen molar-refractivity contribution < 1.29 is 0 Å². The molecule has 0 aliphatic carbocycles. The molecule has 0 atom stereocenters. The van der Waals surface area contributed by atoms with Gasteiger partial charge in [-0.15, -0.1) is 0 Å². The van der Waals surface area contributed by atoms with E-state index >= 15 is 0 Å². The number of hydrogen-bond acceptors (Lipinski definition) is 1. The van der Waals surface area contributed by atoms with E-state index in [0.717, 1.165) is 11.1 Å². The molecular weight excluding hydrogens is 358 g/mol. The van der Waals surface area contributed by atoms with Gasteiger partial charge in [-0.05, 0) is 28.6 Å². The van der Waals surface area contributed by atoms with Gasteiger partial charge in [0.2, 0.25) is 0 Å². The molecule has 3 aromatic rings. The van der Waals surface area contributed by atoms with E-state index in [2.05, 4.69) is 86.7 Å². The first-order chi connectivity index (χ1) is 12.8. The summed E-state index contributed by atoms with van der Waals surface area (Å²) >= 11 is 0. The molecule has 0 N–H and O–H groups in total. The number of nitrogens with zero attached hydrogens (tertiary/aromatic N) is 1. The molecule has 0 radical (unpaired) electrons. The second-order valence-corrected chi connectivity index (χ2v) is 17.9. The summed E-state index contributed by atoms with van der Waals surface area (Å²) in [7, 11) is -3.40. The number of hydrogen-bond donors (Lipinski definition) is 0. The monoisotopic (exact) mass is 385 g/mol. The molecule has 2 aromatic carbocycles. The number of fused-ring (bicyclic) bond motifs is 1. The summed E-state index contributed by atoms with van der Waals surface area (Å²) in [6.07, 6.45) is 1.90. The Bertz CT molecular complexity index is 1030. The Morgan fingerprint density at radius 3 is 2.26 bits per heavy atom. The molecule has 0 bridgehead atoms. The topological polar surface area (TPSA) is 12.9 Å². The van der Waals surface area contributed by atoms with Crippen LogP contribution in [-0.2, 0) is 0 Å². The Balaban J connectivity index is 2.16. The van der Waals surface area contributed by atoms with E-state index < -0.39 is 16.1 Å². The molecule has 3 rings (SSSR count). The second kappa shape index (κ2) is 7.68. The third-order valence-electron chi connectivity index (χ3n) is 4.67. The summed E-state index contributed by atoms with van der Waals surface area (Å²) in [6, 6.07) is 21.0. The van der Waals surface area contributed by atoms with Crippen LogP contribution in [0.15, 0.2) is 77.8 Å². The zero-order valence-corrected chi connectivity index (χ0v) is 18.9. The molecule has 0 fully saturated rings. The highest BCUT2D eigenvalue weighted by Gasteiger charge is 2.31. The van der Waals surface area contributed by atoms with Crippen LogP contribution in [0.2, 0.25) is 32.7 Å². The number of para-hydroxylation sites is 1. The van der Waals surface area contributed by atoms with E-state index in [4.69, 9.17) is 4.98 Å². The van der Waals surface area contributed by atoms with Crippen molar-refractivity contribution in [3.05, 3.63) is 83.3 Å². The molecule has 0 aliphatic heterocycles.